The molecule has 1 aromatic carbocycles. The summed E-state index contributed by atoms with van der Waals surface area (Å²) in [5, 5.41) is 6.98. The molecule has 0 aliphatic carbocycles. The van der Waals surface area contributed by atoms with E-state index >= 15 is 0 Å². The number of aryl methyl sites for hydroxylation is 1. The van der Waals surface area contributed by atoms with E-state index in [9.17, 15) is 4.79 Å². The number of likely N-dealkylation sites (tertiary alicyclic amines) is 1. The average Bonchev–Trinajstić information content (AvgIpc) is 3.03. The molecule has 0 radical (unpaired) electrons. The fourth-order valence-corrected chi connectivity index (χ4v) is 3.65. The molecule has 23 heavy (non-hydrogen) atoms. The molecule has 2 aromatic rings. The fraction of sp³-hybridized carbons (Fsp3) is 0.471. The maximum Gasteiger partial charge on any atom is 0.265 e. The SMILES string of the molecule is Cc1nnsc1C(=O)NCC(c1ccccc1)N1CCCCC1. The van der Waals surface area contributed by atoms with Crippen molar-refractivity contribution >= 4 is 17.4 Å². The van der Waals surface area contributed by atoms with Gasteiger partial charge in [-0.15, -0.1) is 5.10 Å². The van der Waals surface area contributed by atoms with Crippen LogP contribution in [0.4, 0.5) is 0 Å². The minimum absolute atomic E-state index is 0.0737. The number of carbonyl (C=O) groups excluding carboxylic acids is 1. The number of hydrogen-bond acceptors (Lipinski definition) is 5. The Kier molecular flexibility index (Phi) is 5.35. The van der Waals surface area contributed by atoms with Gasteiger partial charge in [0.05, 0.1) is 11.7 Å². The number of benzene rings is 1. The van der Waals surface area contributed by atoms with E-state index in [-0.39, 0.29) is 11.9 Å². The predicted molar refractivity (Wildman–Crippen MR) is 91.6 cm³/mol. The van der Waals surface area contributed by atoms with Gasteiger partial charge in [-0.05, 0) is 50.0 Å². The Labute approximate surface area is 140 Å². The summed E-state index contributed by atoms with van der Waals surface area (Å²) in [7, 11) is 0. The molecular weight excluding hydrogens is 308 g/mol. The number of carbonyl (C=O) groups is 1. The summed E-state index contributed by atoms with van der Waals surface area (Å²) in [4.78, 5) is 15.4. The van der Waals surface area contributed by atoms with Crippen molar-refractivity contribution in [3.8, 4) is 0 Å². The topological polar surface area (TPSA) is 58.1 Å². The normalized spacial score (nSPS) is 16.9. The fourth-order valence-electron chi connectivity index (χ4n) is 3.07. The second-order valence-electron chi connectivity index (χ2n) is 5.92. The van der Waals surface area contributed by atoms with E-state index in [2.05, 4.69) is 44.1 Å². The lowest BCUT2D eigenvalue weighted by Crippen LogP contribution is -2.40. The Morgan fingerprint density at radius 1 is 1.26 bits per heavy atom. The van der Waals surface area contributed by atoms with E-state index in [1.165, 1.54) is 24.8 Å². The third-order valence-electron chi connectivity index (χ3n) is 4.33. The molecule has 1 atom stereocenters. The smallest absolute Gasteiger partial charge is 0.265 e. The highest BCUT2D eigenvalue weighted by Gasteiger charge is 2.23. The van der Waals surface area contributed by atoms with Crippen molar-refractivity contribution in [1.82, 2.24) is 19.8 Å². The highest BCUT2D eigenvalue weighted by atomic mass is 32.1. The molecule has 1 N–H and O–H groups in total. The molecule has 1 aliphatic heterocycles. The maximum atomic E-state index is 12.3. The van der Waals surface area contributed by atoms with Gasteiger partial charge in [-0.3, -0.25) is 9.69 Å². The Hall–Kier alpha value is -1.79. The summed E-state index contributed by atoms with van der Waals surface area (Å²) in [5.74, 6) is -0.0737. The van der Waals surface area contributed by atoms with E-state index in [0.29, 0.717) is 17.1 Å². The van der Waals surface area contributed by atoms with Gasteiger partial charge in [0, 0.05) is 6.54 Å². The van der Waals surface area contributed by atoms with Crippen LogP contribution in [0.25, 0.3) is 0 Å². The van der Waals surface area contributed by atoms with E-state index in [1.54, 1.807) is 0 Å². The highest BCUT2D eigenvalue weighted by Crippen LogP contribution is 2.24. The largest absolute Gasteiger partial charge is 0.349 e. The number of rotatable bonds is 5. The Balaban J connectivity index is 1.71. The van der Waals surface area contributed by atoms with Gasteiger partial charge in [-0.1, -0.05) is 41.2 Å². The summed E-state index contributed by atoms with van der Waals surface area (Å²) < 4.78 is 3.84. The lowest BCUT2D eigenvalue weighted by atomic mass is 10.0. The van der Waals surface area contributed by atoms with E-state index < -0.39 is 0 Å². The summed E-state index contributed by atoms with van der Waals surface area (Å²) in [5.41, 5.74) is 1.95. The zero-order chi connectivity index (χ0) is 16.1. The molecule has 3 rings (SSSR count). The van der Waals surface area contributed by atoms with Crippen LogP contribution in [0.15, 0.2) is 30.3 Å². The van der Waals surface area contributed by atoms with Gasteiger partial charge < -0.3 is 5.32 Å². The quantitative estimate of drug-likeness (QED) is 0.916. The number of nitrogens with one attached hydrogen (secondary N) is 1. The molecule has 1 unspecified atom stereocenters. The van der Waals surface area contributed by atoms with Crippen LogP contribution in [-0.4, -0.2) is 40.0 Å². The van der Waals surface area contributed by atoms with Crippen LogP contribution in [0, 0.1) is 6.92 Å². The van der Waals surface area contributed by atoms with Crippen molar-refractivity contribution in [1.29, 1.82) is 0 Å². The molecule has 2 heterocycles. The van der Waals surface area contributed by atoms with Crippen molar-refractivity contribution < 1.29 is 4.79 Å². The van der Waals surface area contributed by atoms with Crippen LogP contribution in [-0.2, 0) is 0 Å². The van der Waals surface area contributed by atoms with Crippen molar-refractivity contribution in [3.63, 3.8) is 0 Å². The van der Waals surface area contributed by atoms with E-state index in [0.717, 1.165) is 24.6 Å². The third-order valence-corrected chi connectivity index (χ3v) is 5.16. The number of amides is 1. The lowest BCUT2D eigenvalue weighted by Gasteiger charge is -2.35. The van der Waals surface area contributed by atoms with Gasteiger partial charge in [0.1, 0.15) is 4.88 Å². The molecule has 5 nitrogen and oxygen atoms in total. The van der Waals surface area contributed by atoms with Gasteiger partial charge in [-0.25, -0.2) is 0 Å². The molecule has 1 saturated heterocycles. The number of aromatic nitrogens is 2. The van der Waals surface area contributed by atoms with Crippen LogP contribution in [0.5, 0.6) is 0 Å². The molecule has 1 aliphatic rings. The first-order chi connectivity index (χ1) is 11.3. The molecule has 0 saturated carbocycles. The van der Waals surface area contributed by atoms with E-state index in [4.69, 9.17) is 0 Å². The molecule has 1 aromatic heterocycles. The summed E-state index contributed by atoms with van der Waals surface area (Å²) in [6, 6.07) is 10.7. The third kappa shape index (κ3) is 3.95. The molecular formula is C17H22N4OS. The van der Waals surface area contributed by atoms with Crippen molar-refractivity contribution in [2.24, 2.45) is 0 Å². The van der Waals surface area contributed by atoms with Crippen LogP contribution in [0.2, 0.25) is 0 Å². The second kappa shape index (κ2) is 7.66. The summed E-state index contributed by atoms with van der Waals surface area (Å²) in [6.45, 7) is 4.62. The van der Waals surface area contributed by atoms with Crippen LogP contribution < -0.4 is 5.32 Å². The average molecular weight is 330 g/mol. The first-order valence-electron chi connectivity index (χ1n) is 8.12. The standard InChI is InChI=1S/C17H22N4OS/c1-13-16(23-20-19-13)17(22)18-12-15(14-8-4-2-5-9-14)21-10-6-3-7-11-21/h2,4-5,8-9,15H,3,6-7,10-12H2,1H3,(H,18,22). The summed E-state index contributed by atoms with van der Waals surface area (Å²) in [6.07, 6.45) is 3.76. The van der Waals surface area contributed by atoms with Crippen molar-refractivity contribution in [2.75, 3.05) is 19.6 Å². The predicted octanol–water partition coefficient (Wildman–Crippen LogP) is 2.80. The second-order valence-corrected chi connectivity index (χ2v) is 6.67. The van der Waals surface area contributed by atoms with Crippen LogP contribution in [0.3, 0.4) is 0 Å². The van der Waals surface area contributed by atoms with Crippen LogP contribution >= 0.6 is 11.5 Å². The minimum atomic E-state index is -0.0737. The number of nitrogens with zero attached hydrogens (tertiary/aromatic N) is 3. The van der Waals surface area contributed by atoms with Gasteiger partial charge in [0.15, 0.2) is 0 Å². The number of piperidine rings is 1. The maximum absolute atomic E-state index is 12.3. The van der Waals surface area contributed by atoms with Gasteiger partial charge in [-0.2, -0.15) is 0 Å². The Morgan fingerprint density at radius 3 is 2.65 bits per heavy atom. The van der Waals surface area contributed by atoms with E-state index in [1.807, 2.05) is 13.0 Å². The molecule has 0 spiro atoms. The van der Waals surface area contributed by atoms with Crippen LogP contribution in [0.1, 0.15) is 46.2 Å². The number of hydrogen-bond donors (Lipinski definition) is 1. The monoisotopic (exact) mass is 330 g/mol. The molecule has 6 heteroatoms. The molecule has 0 bridgehead atoms. The summed E-state index contributed by atoms with van der Waals surface area (Å²) >= 11 is 1.15. The Morgan fingerprint density at radius 2 is 2.00 bits per heavy atom. The first-order valence-corrected chi connectivity index (χ1v) is 8.89. The first kappa shape index (κ1) is 16.1. The van der Waals surface area contributed by atoms with Gasteiger partial charge in [0.25, 0.3) is 5.91 Å². The molecule has 1 fully saturated rings. The molecule has 122 valence electrons. The van der Waals surface area contributed by atoms with Gasteiger partial charge >= 0.3 is 0 Å². The highest BCUT2D eigenvalue weighted by molar-refractivity contribution is 7.07. The van der Waals surface area contributed by atoms with Gasteiger partial charge in [0.2, 0.25) is 0 Å². The zero-order valence-electron chi connectivity index (χ0n) is 13.4. The van der Waals surface area contributed by atoms with Crippen molar-refractivity contribution in [3.05, 3.63) is 46.5 Å². The minimum Gasteiger partial charge on any atom is -0.349 e. The Bertz CT molecular complexity index is 637. The van der Waals surface area contributed by atoms with Crippen molar-refractivity contribution in [2.45, 2.75) is 32.2 Å². The molecule has 1 amide bonds. The zero-order valence-corrected chi connectivity index (χ0v) is 14.2. The lowest BCUT2D eigenvalue weighted by molar-refractivity contribution is 0.0927.